The minimum Gasteiger partial charge on any atom is -0.380 e. The Balaban J connectivity index is 1.51. The fourth-order valence-corrected chi connectivity index (χ4v) is 3.67. The van der Waals surface area contributed by atoms with Gasteiger partial charge in [-0.3, -0.25) is 0 Å². The van der Waals surface area contributed by atoms with Gasteiger partial charge in [-0.2, -0.15) is 0 Å². The fraction of sp³-hybridized carbons (Fsp3) is 0.263. The standard InChI is InChI=1S/C19H17BrF2N4/c20-14-9-13-18(10-16(14)22)23-11-24-19(13)26-7-5-12(6-8-26)25-17-4-2-1-3-15(17)21/h1-4,9-12,25H,5-8H2. The molecule has 7 heteroatoms. The smallest absolute Gasteiger partial charge is 0.146 e. The van der Waals surface area contributed by atoms with Gasteiger partial charge in [-0.15, -0.1) is 0 Å². The summed E-state index contributed by atoms with van der Waals surface area (Å²) in [6.07, 6.45) is 3.19. The molecule has 1 saturated heterocycles. The van der Waals surface area contributed by atoms with E-state index in [1.54, 1.807) is 18.2 Å². The molecule has 1 aliphatic rings. The Kier molecular flexibility index (Phi) is 4.72. The molecule has 0 radical (unpaired) electrons. The average Bonchev–Trinajstić information content (AvgIpc) is 2.65. The number of fused-ring (bicyclic) bond motifs is 1. The molecule has 26 heavy (non-hydrogen) atoms. The van der Waals surface area contributed by atoms with Crippen molar-refractivity contribution in [1.29, 1.82) is 0 Å². The lowest BCUT2D eigenvalue weighted by molar-refractivity contribution is 0.520. The molecule has 0 amide bonds. The van der Waals surface area contributed by atoms with E-state index in [4.69, 9.17) is 0 Å². The fourth-order valence-electron chi connectivity index (χ4n) is 3.32. The molecule has 1 N–H and O–H groups in total. The van der Waals surface area contributed by atoms with Gasteiger partial charge in [-0.05, 0) is 47.0 Å². The molecular formula is C19H17BrF2N4. The van der Waals surface area contributed by atoms with Crippen LogP contribution in [-0.4, -0.2) is 29.1 Å². The van der Waals surface area contributed by atoms with Gasteiger partial charge in [0.2, 0.25) is 0 Å². The third-order valence-corrected chi connectivity index (χ3v) is 5.29. The molecule has 1 fully saturated rings. The van der Waals surface area contributed by atoms with Gasteiger partial charge in [-0.25, -0.2) is 18.7 Å². The van der Waals surface area contributed by atoms with E-state index < -0.39 is 0 Å². The van der Waals surface area contributed by atoms with Gasteiger partial charge in [0, 0.05) is 30.6 Å². The van der Waals surface area contributed by atoms with Gasteiger partial charge in [0.15, 0.2) is 0 Å². The quantitative estimate of drug-likeness (QED) is 0.665. The van der Waals surface area contributed by atoms with Gasteiger partial charge < -0.3 is 10.2 Å². The number of nitrogens with zero attached hydrogens (tertiary/aromatic N) is 3. The number of nitrogens with one attached hydrogen (secondary N) is 1. The van der Waals surface area contributed by atoms with E-state index in [2.05, 4.69) is 36.1 Å². The third kappa shape index (κ3) is 3.35. The molecule has 3 aromatic rings. The van der Waals surface area contributed by atoms with Crippen molar-refractivity contribution in [2.75, 3.05) is 23.3 Å². The average molecular weight is 419 g/mol. The minimum absolute atomic E-state index is 0.209. The molecule has 4 rings (SSSR count). The zero-order chi connectivity index (χ0) is 18.1. The molecule has 4 nitrogen and oxygen atoms in total. The summed E-state index contributed by atoms with van der Waals surface area (Å²) < 4.78 is 28.0. The molecule has 2 aromatic carbocycles. The summed E-state index contributed by atoms with van der Waals surface area (Å²) in [7, 11) is 0. The van der Waals surface area contributed by atoms with Crippen molar-refractivity contribution in [2.24, 2.45) is 0 Å². The van der Waals surface area contributed by atoms with Crippen molar-refractivity contribution >= 4 is 38.3 Å². The first kappa shape index (κ1) is 17.1. The van der Waals surface area contributed by atoms with E-state index in [1.165, 1.54) is 18.5 Å². The van der Waals surface area contributed by atoms with Crippen LogP contribution in [-0.2, 0) is 0 Å². The number of benzene rings is 2. The predicted molar refractivity (Wildman–Crippen MR) is 102 cm³/mol. The lowest BCUT2D eigenvalue weighted by Gasteiger charge is -2.34. The van der Waals surface area contributed by atoms with Crippen LogP contribution < -0.4 is 10.2 Å². The van der Waals surface area contributed by atoms with Crippen LogP contribution in [0.4, 0.5) is 20.3 Å². The molecule has 134 valence electrons. The molecule has 1 aliphatic heterocycles. The molecule has 0 saturated carbocycles. The van der Waals surface area contributed by atoms with Gasteiger partial charge in [0.1, 0.15) is 23.8 Å². The molecule has 0 atom stereocenters. The highest BCUT2D eigenvalue weighted by molar-refractivity contribution is 9.10. The van der Waals surface area contributed by atoms with Gasteiger partial charge in [0.25, 0.3) is 0 Å². The van der Waals surface area contributed by atoms with Crippen molar-refractivity contribution in [1.82, 2.24) is 9.97 Å². The maximum atomic E-state index is 13.8. The molecule has 0 bridgehead atoms. The Hall–Kier alpha value is -2.28. The normalized spacial score (nSPS) is 15.4. The third-order valence-electron chi connectivity index (χ3n) is 4.68. The number of para-hydroxylation sites is 1. The highest BCUT2D eigenvalue weighted by Crippen LogP contribution is 2.30. The highest BCUT2D eigenvalue weighted by Gasteiger charge is 2.22. The Labute approximate surface area is 158 Å². The molecule has 2 heterocycles. The summed E-state index contributed by atoms with van der Waals surface area (Å²) in [4.78, 5) is 10.8. The predicted octanol–water partition coefficient (Wildman–Crippen LogP) is 4.75. The van der Waals surface area contributed by atoms with Crippen molar-refractivity contribution in [3.63, 3.8) is 0 Å². The Morgan fingerprint density at radius 1 is 1.04 bits per heavy atom. The summed E-state index contributed by atoms with van der Waals surface area (Å²) in [5.41, 5.74) is 1.13. The summed E-state index contributed by atoms with van der Waals surface area (Å²) in [6.45, 7) is 1.57. The summed E-state index contributed by atoms with van der Waals surface area (Å²) in [5.74, 6) is 0.235. The summed E-state index contributed by atoms with van der Waals surface area (Å²) in [6, 6.07) is 10.1. The number of aromatic nitrogens is 2. The van der Waals surface area contributed by atoms with Crippen LogP contribution in [0.3, 0.4) is 0 Å². The first-order valence-corrected chi connectivity index (χ1v) is 9.27. The minimum atomic E-state index is -0.338. The van der Waals surface area contributed by atoms with Gasteiger partial charge >= 0.3 is 0 Å². The molecular weight excluding hydrogens is 402 g/mol. The number of anilines is 2. The maximum Gasteiger partial charge on any atom is 0.146 e. The Bertz CT molecular complexity index is 942. The number of piperidine rings is 1. The SMILES string of the molecule is Fc1cc2ncnc(N3CCC(Nc4ccccc4F)CC3)c2cc1Br. The highest BCUT2D eigenvalue weighted by atomic mass is 79.9. The molecule has 0 unspecified atom stereocenters. The van der Waals surface area contributed by atoms with Crippen LogP contribution in [0.25, 0.3) is 10.9 Å². The van der Waals surface area contributed by atoms with Crippen LogP contribution >= 0.6 is 15.9 Å². The van der Waals surface area contributed by atoms with Crippen LogP contribution in [0.1, 0.15) is 12.8 Å². The first-order valence-electron chi connectivity index (χ1n) is 8.47. The monoisotopic (exact) mass is 418 g/mol. The van der Waals surface area contributed by atoms with Crippen LogP contribution in [0, 0.1) is 11.6 Å². The van der Waals surface area contributed by atoms with Gasteiger partial charge in [0.05, 0.1) is 15.7 Å². The van der Waals surface area contributed by atoms with Crippen molar-refractivity contribution in [2.45, 2.75) is 18.9 Å². The lowest BCUT2D eigenvalue weighted by Crippen LogP contribution is -2.39. The number of hydrogen-bond acceptors (Lipinski definition) is 4. The van der Waals surface area contributed by atoms with Crippen LogP contribution in [0.15, 0.2) is 47.2 Å². The second-order valence-corrected chi connectivity index (χ2v) is 7.22. The van der Waals surface area contributed by atoms with E-state index in [1.807, 2.05) is 6.07 Å². The van der Waals surface area contributed by atoms with Crippen molar-refractivity contribution in [3.8, 4) is 0 Å². The van der Waals surface area contributed by atoms with E-state index >= 15 is 0 Å². The molecule has 1 aromatic heterocycles. The van der Waals surface area contributed by atoms with Crippen LogP contribution in [0.2, 0.25) is 0 Å². The number of hydrogen-bond donors (Lipinski definition) is 1. The lowest BCUT2D eigenvalue weighted by atomic mass is 10.0. The second-order valence-electron chi connectivity index (χ2n) is 6.37. The number of halogens is 3. The van der Waals surface area contributed by atoms with Crippen LogP contribution in [0.5, 0.6) is 0 Å². The summed E-state index contributed by atoms with van der Waals surface area (Å²) in [5, 5.41) is 4.10. The number of rotatable bonds is 3. The largest absolute Gasteiger partial charge is 0.380 e. The van der Waals surface area contributed by atoms with E-state index in [9.17, 15) is 8.78 Å². The van der Waals surface area contributed by atoms with Crippen molar-refractivity contribution in [3.05, 3.63) is 58.8 Å². The first-order chi connectivity index (χ1) is 12.6. The zero-order valence-corrected chi connectivity index (χ0v) is 15.5. The Morgan fingerprint density at radius 2 is 1.81 bits per heavy atom. The summed E-state index contributed by atoms with van der Waals surface area (Å²) >= 11 is 3.23. The topological polar surface area (TPSA) is 41.1 Å². The van der Waals surface area contributed by atoms with E-state index in [-0.39, 0.29) is 17.7 Å². The van der Waals surface area contributed by atoms with Gasteiger partial charge in [-0.1, -0.05) is 12.1 Å². The zero-order valence-electron chi connectivity index (χ0n) is 13.9. The molecule has 0 aliphatic carbocycles. The second kappa shape index (κ2) is 7.15. The van der Waals surface area contributed by atoms with Crippen molar-refractivity contribution < 1.29 is 8.78 Å². The van der Waals surface area contributed by atoms with E-state index in [0.717, 1.165) is 37.1 Å². The molecule has 0 spiro atoms. The maximum absolute atomic E-state index is 13.8. The Morgan fingerprint density at radius 3 is 2.58 bits per heavy atom. The van der Waals surface area contributed by atoms with E-state index in [0.29, 0.717) is 15.7 Å².